The summed E-state index contributed by atoms with van der Waals surface area (Å²) in [6.45, 7) is 5.72. The highest BCUT2D eigenvalue weighted by Crippen LogP contribution is 2.15. The second kappa shape index (κ2) is 7.13. The molecule has 2 rings (SSSR count). The fourth-order valence-electron chi connectivity index (χ4n) is 2.27. The highest BCUT2D eigenvalue weighted by molar-refractivity contribution is 5.89. The van der Waals surface area contributed by atoms with E-state index >= 15 is 0 Å². The van der Waals surface area contributed by atoms with Crippen LogP contribution in [0.4, 0.5) is 16.3 Å². The van der Waals surface area contributed by atoms with E-state index in [0.29, 0.717) is 12.1 Å². The predicted octanol–water partition coefficient (Wildman–Crippen LogP) is 2.51. The molecule has 2 aromatic rings. The molecule has 0 aromatic carbocycles. The molecule has 7 heteroatoms. The van der Waals surface area contributed by atoms with E-state index in [1.54, 1.807) is 6.20 Å². The van der Waals surface area contributed by atoms with E-state index in [9.17, 15) is 4.79 Å². The number of nitrogens with one attached hydrogen (secondary N) is 2. The summed E-state index contributed by atoms with van der Waals surface area (Å²) in [4.78, 5) is 18.2. The van der Waals surface area contributed by atoms with E-state index < -0.39 is 0 Å². The Hall–Kier alpha value is -2.57. The highest BCUT2D eigenvalue weighted by Gasteiger charge is 2.14. The number of aromatic nitrogens is 2. The molecule has 0 saturated carbocycles. The Morgan fingerprint density at radius 3 is 2.61 bits per heavy atom. The number of carbonyl (C=O) groups excluding carboxylic acids is 1. The third-order valence-corrected chi connectivity index (χ3v) is 3.53. The Morgan fingerprint density at radius 2 is 2.09 bits per heavy atom. The van der Waals surface area contributed by atoms with Crippen LogP contribution in [0.2, 0.25) is 0 Å². The van der Waals surface area contributed by atoms with Gasteiger partial charge in [-0.15, -0.1) is 0 Å². The standard InChI is InChI=1S/C16H23N5O2/c1-10(8-14-11(2)20-23-12(14)3)18-16(22)19-13-6-7-15(17-9-13)21(4)5/h6-7,9-10H,8H2,1-5H3,(H2,18,19,22)/t10-/m0/s1. The van der Waals surface area contributed by atoms with Gasteiger partial charge >= 0.3 is 6.03 Å². The largest absolute Gasteiger partial charge is 0.363 e. The average Bonchev–Trinajstić information content (AvgIpc) is 2.79. The SMILES string of the molecule is Cc1noc(C)c1C[C@H](C)NC(=O)Nc1ccc(N(C)C)nc1. The molecule has 2 aromatic heterocycles. The molecule has 124 valence electrons. The van der Waals surface area contributed by atoms with Gasteiger partial charge in [-0.1, -0.05) is 5.16 Å². The number of urea groups is 1. The van der Waals surface area contributed by atoms with Gasteiger partial charge in [0.25, 0.3) is 0 Å². The van der Waals surface area contributed by atoms with Crippen LogP contribution in [0.15, 0.2) is 22.9 Å². The quantitative estimate of drug-likeness (QED) is 0.885. The lowest BCUT2D eigenvalue weighted by Gasteiger charge is -2.15. The van der Waals surface area contributed by atoms with Gasteiger partial charge in [-0.3, -0.25) is 0 Å². The van der Waals surface area contributed by atoms with Crippen LogP contribution in [0, 0.1) is 13.8 Å². The zero-order valence-electron chi connectivity index (χ0n) is 14.2. The highest BCUT2D eigenvalue weighted by atomic mass is 16.5. The Bertz CT molecular complexity index is 644. The lowest BCUT2D eigenvalue weighted by atomic mass is 10.1. The third-order valence-electron chi connectivity index (χ3n) is 3.53. The Morgan fingerprint density at radius 1 is 1.35 bits per heavy atom. The summed E-state index contributed by atoms with van der Waals surface area (Å²) in [5, 5.41) is 9.60. The molecule has 7 nitrogen and oxygen atoms in total. The maximum absolute atomic E-state index is 12.0. The van der Waals surface area contributed by atoms with Gasteiger partial charge in [-0.25, -0.2) is 9.78 Å². The molecular formula is C16H23N5O2. The topological polar surface area (TPSA) is 83.3 Å². The molecule has 0 aliphatic carbocycles. The fraction of sp³-hybridized carbons (Fsp3) is 0.438. The average molecular weight is 317 g/mol. The van der Waals surface area contributed by atoms with Crippen LogP contribution in [-0.2, 0) is 6.42 Å². The summed E-state index contributed by atoms with van der Waals surface area (Å²) < 4.78 is 5.14. The molecule has 2 heterocycles. The van der Waals surface area contributed by atoms with Crippen molar-refractivity contribution < 1.29 is 9.32 Å². The first kappa shape index (κ1) is 16.8. The van der Waals surface area contributed by atoms with E-state index in [0.717, 1.165) is 22.8 Å². The number of pyridine rings is 1. The van der Waals surface area contributed by atoms with Crippen LogP contribution in [0.25, 0.3) is 0 Å². The van der Waals surface area contributed by atoms with Gasteiger partial charge in [0.05, 0.1) is 17.6 Å². The summed E-state index contributed by atoms with van der Waals surface area (Å²) in [6.07, 6.45) is 2.31. The maximum Gasteiger partial charge on any atom is 0.319 e. The molecule has 23 heavy (non-hydrogen) atoms. The molecule has 0 bridgehead atoms. The summed E-state index contributed by atoms with van der Waals surface area (Å²) in [6, 6.07) is 3.37. The molecule has 0 aliphatic heterocycles. The van der Waals surface area contributed by atoms with Gasteiger partial charge in [-0.2, -0.15) is 0 Å². The van der Waals surface area contributed by atoms with Crippen molar-refractivity contribution >= 4 is 17.5 Å². The van der Waals surface area contributed by atoms with Crippen LogP contribution >= 0.6 is 0 Å². The number of anilines is 2. The minimum atomic E-state index is -0.260. The minimum Gasteiger partial charge on any atom is -0.363 e. The fourth-order valence-corrected chi connectivity index (χ4v) is 2.27. The molecule has 0 saturated heterocycles. The van der Waals surface area contributed by atoms with Crippen molar-refractivity contribution in [3.63, 3.8) is 0 Å². The van der Waals surface area contributed by atoms with Gasteiger partial charge in [0.1, 0.15) is 11.6 Å². The van der Waals surface area contributed by atoms with E-state index in [1.807, 2.05) is 51.9 Å². The van der Waals surface area contributed by atoms with Crippen molar-refractivity contribution in [1.29, 1.82) is 0 Å². The normalized spacial score (nSPS) is 11.9. The van der Waals surface area contributed by atoms with Crippen LogP contribution in [0.5, 0.6) is 0 Å². The van der Waals surface area contributed by atoms with Crippen molar-refractivity contribution in [3.8, 4) is 0 Å². The van der Waals surface area contributed by atoms with E-state index in [1.165, 1.54) is 0 Å². The van der Waals surface area contributed by atoms with Crippen molar-refractivity contribution in [3.05, 3.63) is 35.3 Å². The van der Waals surface area contributed by atoms with Gasteiger partial charge in [0, 0.05) is 25.7 Å². The van der Waals surface area contributed by atoms with Crippen LogP contribution < -0.4 is 15.5 Å². The minimum absolute atomic E-state index is 0.0409. The van der Waals surface area contributed by atoms with Crippen molar-refractivity contribution in [2.75, 3.05) is 24.3 Å². The first-order valence-electron chi connectivity index (χ1n) is 7.49. The van der Waals surface area contributed by atoms with Gasteiger partial charge in [0.15, 0.2) is 0 Å². The number of carbonyl (C=O) groups is 1. The summed E-state index contributed by atoms with van der Waals surface area (Å²) >= 11 is 0. The summed E-state index contributed by atoms with van der Waals surface area (Å²) in [5.74, 6) is 1.63. The number of hydrogen-bond donors (Lipinski definition) is 2. The van der Waals surface area contributed by atoms with Crippen LogP contribution in [0.1, 0.15) is 23.9 Å². The Kier molecular flexibility index (Phi) is 5.20. The number of aryl methyl sites for hydroxylation is 2. The van der Waals surface area contributed by atoms with Gasteiger partial charge in [-0.05, 0) is 39.3 Å². The molecule has 0 fully saturated rings. The van der Waals surface area contributed by atoms with E-state index in [-0.39, 0.29) is 12.1 Å². The predicted molar refractivity (Wildman–Crippen MR) is 89.9 cm³/mol. The lowest BCUT2D eigenvalue weighted by molar-refractivity contribution is 0.249. The zero-order chi connectivity index (χ0) is 17.0. The first-order valence-corrected chi connectivity index (χ1v) is 7.49. The van der Waals surface area contributed by atoms with Crippen molar-refractivity contribution in [1.82, 2.24) is 15.5 Å². The first-order chi connectivity index (χ1) is 10.9. The number of hydrogen-bond acceptors (Lipinski definition) is 5. The molecule has 0 radical (unpaired) electrons. The van der Waals surface area contributed by atoms with Crippen LogP contribution in [-0.4, -0.2) is 36.3 Å². The Labute approximate surface area is 136 Å². The maximum atomic E-state index is 12.0. The number of nitrogens with zero attached hydrogens (tertiary/aromatic N) is 3. The third kappa shape index (κ3) is 4.45. The van der Waals surface area contributed by atoms with Gasteiger partial charge < -0.3 is 20.1 Å². The van der Waals surface area contributed by atoms with Crippen molar-refractivity contribution in [2.45, 2.75) is 33.2 Å². The van der Waals surface area contributed by atoms with Gasteiger partial charge in [0.2, 0.25) is 0 Å². The smallest absolute Gasteiger partial charge is 0.319 e. The zero-order valence-corrected chi connectivity index (χ0v) is 14.2. The second-order valence-electron chi connectivity index (χ2n) is 5.81. The Balaban J connectivity index is 1.89. The number of rotatable bonds is 5. The van der Waals surface area contributed by atoms with E-state index in [4.69, 9.17) is 4.52 Å². The molecule has 0 aliphatic rings. The van der Waals surface area contributed by atoms with E-state index in [2.05, 4.69) is 20.8 Å². The summed E-state index contributed by atoms with van der Waals surface area (Å²) in [7, 11) is 3.83. The molecule has 2 N–H and O–H groups in total. The lowest BCUT2D eigenvalue weighted by Crippen LogP contribution is -2.37. The summed E-state index contributed by atoms with van der Waals surface area (Å²) in [5.41, 5.74) is 2.55. The number of amides is 2. The molecule has 0 unspecified atom stereocenters. The molecule has 0 spiro atoms. The molecule has 1 atom stereocenters. The monoisotopic (exact) mass is 317 g/mol. The van der Waals surface area contributed by atoms with Crippen molar-refractivity contribution in [2.24, 2.45) is 0 Å². The second-order valence-corrected chi connectivity index (χ2v) is 5.81. The molecular weight excluding hydrogens is 294 g/mol. The van der Waals surface area contributed by atoms with Crippen LogP contribution in [0.3, 0.4) is 0 Å². The molecule has 2 amide bonds.